The third-order valence-electron chi connectivity index (χ3n) is 7.26. The number of piperidine rings is 2. The van der Waals surface area contributed by atoms with Crippen molar-refractivity contribution in [3.05, 3.63) is 29.7 Å². The number of amides is 1. The van der Waals surface area contributed by atoms with Gasteiger partial charge in [-0.25, -0.2) is 28.9 Å². The van der Waals surface area contributed by atoms with Gasteiger partial charge in [0.1, 0.15) is 22.3 Å². The molecule has 4 heterocycles. The van der Waals surface area contributed by atoms with Gasteiger partial charge in [-0.3, -0.25) is 0 Å². The molecular weight excluding hydrogens is 559 g/mol. The molecule has 0 unspecified atom stereocenters. The van der Waals surface area contributed by atoms with Crippen LogP contribution in [0.1, 0.15) is 53.4 Å². The minimum absolute atomic E-state index is 0.0277. The van der Waals surface area contributed by atoms with Crippen molar-refractivity contribution in [2.45, 2.75) is 74.6 Å². The summed E-state index contributed by atoms with van der Waals surface area (Å²) >= 11 is 8.01. The van der Waals surface area contributed by atoms with Crippen molar-refractivity contribution in [2.24, 2.45) is 5.41 Å². The van der Waals surface area contributed by atoms with Crippen molar-refractivity contribution in [2.75, 3.05) is 42.5 Å². The third kappa shape index (κ3) is 7.45. The van der Waals surface area contributed by atoms with E-state index >= 15 is 0 Å². The number of carbonyl (C=O) groups excluding carboxylic acids is 1. The van der Waals surface area contributed by atoms with E-state index in [2.05, 4.69) is 32.1 Å². The van der Waals surface area contributed by atoms with Crippen molar-refractivity contribution < 1.29 is 23.8 Å². The predicted octanol–water partition coefficient (Wildman–Crippen LogP) is 5.20. The summed E-state index contributed by atoms with van der Waals surface area (Å²) in [6.07, 6.45) is 6.22. The van der Waals surface area contributed by atoms with Crippen LogP contribution in [0.2, 0.25) is 5.02 Å². The molecule has 0 spiro atoms. The van der Waals surface area contributed by atoms with Crippen LogP contribution in [0.25, 0.3) is 0 Å². The first-order valence-corrected chi connectivity index (χ1v) is 14.5. The Morgan fingerprint density at radius 1 is 1.10 bits per heavy atom. The van der Waals surface area contributed by atoms with Gasteiger partial charge in [0.2, 0.25) is 5.67 Å². The van der Waals surface area contributed by atoms with E-state index < -0.39 is 23.3 Å². The summed E-state index contributed by atoms with van der Waals surface area (Å²) < 4.78 is 19.8. The highest BCUT2D eigenvalue weighted by atomic mass is 35.5. The quantitative estimate of drug-likeness (QED) is 0.442. The lowest BCUT2D eigenvalue weighted by molar-refractivity contribution is -0.152. The van der Waals surface area contributed by atoms with Crippen LogP contribution in [0.5, 0.6) is 0 Å². The lowest BCUT2D eigenvalue weighted by atomic mass is 9.80. The molecule has 1 amide bonds. The molecule has 40 heavy (non-hydrogen) atoms. The number of alkyl carbamates (subject to hydrolysis) is 1. The summed E-state index contributed by atoms with van der Waals surface area (Å²) in [6.45, 7) is 10.3. The number of nitrogens with zero attached hydrogens (tertiary/aromatic N) is 5. The topological polar surface area (TPSA) is 121 Å². The van der Waals surface area contributed by atoms with Crippen LogP contribution in [-0.4, -0.2) is 76.1 Å². The van der Waals surface area contributed by atoms with E-state index in [4.69, 9.17) is 21.4 Å². The minimum Gasteiger partial charge on any atom is -0.479 e. The molecule has 2 N–H and O–H groups in total. The van der Waals surface area contributed by atoms with Crippen LogP contribution >= 0.6 is 23.4 Å². The molecule has 0 aliphatic carbocycles. The monoisotopic (exact) mass is 594 g/mol. The van der Waals surface area contributed by atoms with Gasteiger partial charge in [-0.1, -0.05) is 30.3 Å². The maximum Gasteiger partial charge on any atom is 0.407 e. The smallest absolute Gasteiger partial charge is 0.407 e. The zero-order chi connectivity index (χ0) is 29.1. The number of aromatic nitrogens is 3. The van der Waals surface area contributed by atoms with Gasteiger partial charge in [0.05, 0.1) is 17.4 Å². The maximum absolute atomic E-state index is 14.4. The molecule has 2 aromatic heterocycles. The van der Waals surface area contributed by atoms with Crippen molar-refractivity contribution in [3.63, 3.8) is 0 Å². The van der Waals surface area contributed by atoms with Crippen molar-refractivity contribution in [1.82, 2.24) is 20.3 Å². The Bertz CT molecular complexity index is 1210. The first-order chi connectivity index (χ1) is 18.8. The second-order valence-electron chi connectivity index (χ2n) is 11.7. The number of hydrogen-bond acceptors (Lipinski definition) is 9. The van der Waals surface area contributed by atoms with E-state index in [1.807, 2.05) is 25.7 Å². The lowest BCUT2D eigenvalue weighted by Gasteiger charge is -2.40. The van der Waals surface area contributed by atoms with Crippen LogP contribution in [0.3, 0.4) is 0 Å². The molecule has 2 aliphatic rings. The van der Waals surface area contributed by atoms with Gasteiger partial charge >= 0.3 is 12.1 Å². The number of aliphatic carboxylic acids is 1. The number of carboxylic acids is 1. The number of hydrogen-bond donors (Lipinski definition) is 2. The number of nitrogens with one attached hydrogen (secondary N) is 1. The number of rotatable bonds is 7. The van der Waals surface area contributed by atoms with Gasteiger partial charge in [0, 0.05) is 56.7 Å². The van der Waals surface area contributed by atoms with E-state index in [1.54, 1.807) is 24.7 Å². The largest absolute Gasteiger partial charge is 0.479 e. The summed E-state index contributed by atoms with van der Waals surface area (Å²) in [5, 5.41) is 13.1. The minimum atomic E-state index is -2.21. The Hall–Kier alpha value is -2.86. The highest BCUT2D eigenvalue weighted by molar-refractivity contribution is 7.99. The van der Waals surface area contributed by atoms with Crippen LogP contribution in [0.4, 0.5) is 20.8 Å². The predicted molar refractivity (Wildman–Crippen MR) is 152 cm³/mol. The molecule has 2 aliphatic heterocycles. The molecule has 0 aromatic carbocycles. The first kappa shape index (κ1) is 30.1. The summed E-state index contributed by atoms with van der Waals surface area (Å²) in [6, 6.07) is 1.78. The van der Waals surface area contributed by atoms with E-state index in [0.29, 0.717) is 22.4 Å². The average Bonchev–Trinajstić information content (AvgIpc) is 2.89. The fraction of sp³-hybridized carbons (Fsp3) is 0.593. The van der Waals surface area contributed by atoms with Gasteiger partial charge in [-0.05, 0) is 45.1 Å². The number of ether oxygens (including phenoxy) is 1. The normalized spacial score (nSPS) is 18.8. The van der Waals surface area contributed by atoms with Crippen molar-refractivity contribution in [1.29, 1.82) is 0 Å². The summed E-state index contributed by atoms with van der Waals surface area (Å²) in [7, 11) is 0. The summed E-state index contributed by atoms with van der Waals surface area (Å²) in [5.41, 5.74) is -2.76. The molecule has 10 nitrogen and oxygen atoms in total. The first-order valence-electron chi connectivity index (χ1n) is 13.3. The van der Waals surface area contributed by atoms with Crippen LogP contribution in [-0.2, 0) is 9.53 Å². The van der Waals surface area contributed by atoms with Gasteiger partial charge < -0.3 is 25.0 Å². The Morgan fingerprint density at radius 3 is 2.33 bits per heavy atom. The Kier molecular flexibility index (Phi) is 8.99. The average molecular weight is 595 g/mol. The zero-order valence-corrected chi connectivity index (χ0v) is 24.8. The Labute approximate surface area is 243 Å². The molecule has 2 aromatic rings. The second kappa shape index (κ2) is 11.9. The maximum atomic E-state index is 14.4. The number of anilines is 2. The number of carbonyl (C=O) groups is 2. The zero-order valence-electron chi connectivity index (χ0n) is 23.2. The number of alkyl halides is 1. The molecule has 218 valence electrons. The molecule has 0 saturated carbocycles. The fourth-order valence-corrected chi connectivity index (χ4v) is 5.78. The van der Waals surface area contributed by atoms with Crippen LogP contribution in [0, 0.1) is 5.41 Å². The van der Waals surface area contributed by atoms with Crippen molar-refractivity contribution >= 4 is 47.1 Å². The highest BCUT2D eigenvalue weighted by Crippen LogP contribution is 2.39. The molecule has 13 heteroatoms. The Morgan fingerprint density at radius 2 is 1.75 bits per heavy atom. The third-order valence-corrected chi connectivity index (χ3v) is 8.72. The SMILES string of the molecule is CC1(CNC(=O)OC(C)(C)C)CCN(c2cnc(Sc3ccnc(N4CCC(F)(C(=O)O)CC4)c3Cl)cn2)CC1. The summed E-state index contributed by atoms with van der Waals surface area (Å²) in [5.74, 6) is -0.137. The fourth-order valence-electron chi connectivity index (χ4n) is 4.69. The van der Waals surface area contributed by atoms with E-state index in [1.165, 1.54) is 11.8 Å². The lowest BCUT2D eigenvalue weighted by Crippen LogP contribution is -2.46. The summed E-state index contributed by atoms with van der Waals surface area (Å²) in [4.78, 5) is 41.6. The second-order valence-corrected chi connectivity index (χ2v) is 13.1. The highest BCUT2D eigenvalue weighted by Gasteiger charge is 2.42. The van der Waals surface area contributed by atoms with Gasteiger partial charge in [0.25, 0.3) is 0 Å². The molecular formula is C27H36ClFN6O4S. The number of halogens is 2. The Balaban J connectivity index is 1.31. The van der Waals surface area contributed by atoms with E-state index in [9.17, 15) is 14.0 Å². The molecule has 0 radical (unpaired) electrons. The number of pyridine rings is 1. The van der Waals surface area contributed by atoms with E-state index in [-0.39, 0.29) is 31.3 Å². The van der Waals surface area contributed by atoms with E-state index in [0.717, 1.165) is 36.6 Å². The van der Waals surface area contributed by atoms with Crippen LogP contribution in [0.15, 0.2) is 34.6 Å². The number of carboxylic acid groups (broad SMARTS) is 1. The van der Waals surface area contributed by atoms with Gasteiger partial charge in [0.15, 0.2) is 0 Å². The van der Waals surface area contributed by atoms with Crippen LogP contribution < -0.4 is 15.1 Å². The molecule has 0 atom stereocenters. The molecule has 2 fully saturated rings. The van der Waals surface area contributed by atoms with Gasteiger partial charge in [-0.15, -0.1) is 0 Å². The standard InChI is InChI=1S/C27H36ClFN6O4S/c1-25(2,3)39-24(38)33-17-26(4)6-11-34(12-7-26)19-15-32-20(16-31-19)40-18-5-10-30-22(21(18)28)35-13-8-27(29,9-14-35)23(36)37/h5,10,15-16H,6-9,11-14,17H2,1-4H3,(H,33,38)(H,36,37). The molecule has 0 bridgehead atoms. The van der Waals surface area contributed by atoms with Gasteiger partial charge in [-0.2, -0.15) is 0 Å². The molecule has 4 rings (SSSR count). The van der Waals surface area contributed by atoms with Crippen molar-refractivity contribution in [3.8, 4) is 0 Å². The molecule has 2 saturated heterocycles.